The van der Waals surface area contributed by atoms with Crippen LogP contribution in [-0.4, -0.2) is 11.3 Å². The topological polar surface area (TPSA) is 43.1 Å². The molecule has 0 aliphatic carbocycles. The molecular formula is C12H15F2NO. The van der Waals surface area contributed by atoms with Crippen LogP contribution in [0.1, 0.15) is 25.8 Å². The molecule has 0 amide bonds. The van der Waals surface area contributed by atoms with Crippen molar-refractivity contribution in [1.29, 1.82) is 0 Å². The molecule has 1 aromatic carbocycles. The fourth-order valence-electron chi connectivity index (χ4n) is 1.30. The predicted octanol–water partition coefficient (Wildman–Crippen LogP) is 2.20. The van der Waals surface area contributed by atoms with Gasteiger partial charge >= 0.3 is 0 Å². The highest BCUT2D eigenvalue weighted by Gasteiger charge is 2.25. The van der Waals surface area contributed by atoms with Gasteiger partial charge in [-0.05, 0) is 31.0 Å². The molecular weight excluding hydrogens is 212 g/mol. The van der Waals surface area contributed by atoms with Gasteiger partial charge in [-0.15, -0.1) is 0 Å². The van der Waals surface area contributed by atoms with E-state index in [2.05, 4.69) is 0 Å². The Labute approximate surface area is 93.5 Å². The van der Waals surface area contributed by atoms with Crippen LogP contribution in [0, 0.1) is 11.6 Å². The predicted molar refractivity (Wildman–Crippen MR) is 58.0 cm³/mol. The largest absolute Gasteiger partial charge is 0.319 e. The number of rotatable bonds is 4. The SMILES string of the molecule is CCC(C)(N)C(=O)Cc1cc(F)cc(F)c1. The first-order valence-corrected chi connectivity index (χ1v) is 5.12. The zero-order chi connectivity index (χ0) is 12.3. The van der Waals surface area contributed by atoms with Gasteiger partial charge in [0.05, 0.1) is 5.54 Å². The minimum atomic E-state index is -0.942. The van der Waals surface area contributed by atoms with Crippen LogP contribution in [0.2, 0.25) is 0 Å². The van der Waals surface area contributed by atoms with Crippen LogP contribution in [0.15, 0.2) is 18.2 Å². The van der Waals surface area contributed by atoms with E-state index in [9.17, 15) is 13.6 Å². The van der Waals surface area contributed by atoms with Crippen molar-refractivity contribution in [1.82, 2.24) is 0 Å². The van der Waals surface area contributed by atoms with Crippen LogP contribution >= 0.6 is 0 Å². The molecule has 0 saturated heterocycles. The second-order valence-electron chi connectivity index (χ2n) is 4.15. The maximum Gasteiger partial charge on any atom is 0.156 e. The molecule has 88 valence electrons. The molecule has 1 rings (SSSR count). The van der Waals surface area contributed by atoms with Gasteiger partial charge in [-0.3, -0.25) is 4.79 Å². The Morgan fingerprint density at radius 3 is 2.25 bits per heavy atom. The Kier molecular flexibility index (Phi) is 3.75. The summed E-state index contributed by atoms with van der Waals surface area (Å²) < 4.78 is 25.7. The van der Waals surface area contributed by atoms with Gasteiger partial charge in [-0.25, -0.2) is 8.78 Å². The average molecular weight is 227 g/mol. The van der Waals surface area contributed by atoms with Gasteiger partial charge in [0.25, 0.3) is 0 Å². The van der Waals surface area contributed by atoms with E-state index in [4.69, 9.17) is 5.73 Å². The quantitative estimate of drug-likeness (QED) is 0.856. The summed E-state index contributed by atoms with van der Waals surface area (Å²) in [6, 6.07) is 3.06. The van der Waals surface area contributed by atoms with Gasteiger partial charge in [0, 0.05) is 12.5 Å². The minimum Gasteiger partial charge on any atom is -0.319 e. The molecule has 2 N–H and O–H groups in total. The lowest BCUT2D eigenvalue weighted by Crippen LogP contribution is -2.45. The lowest BCUT2D eigenvalue weighted by molar-refractivity contribution is -0.123. The first kappa shape index (κ1) is 12.8. The fourth-order valence-corrected chi connectivity index (χ4v) is 1.30. The molecule has 0 spiro atoms. The average Bonchev–Trinajstić information content (AvgIpc) is 2.15. The Balaban J connectivity index is 2.85. The summed E-state index contributed by atoms with van der Waals surface area (Å²) in [6.07, 6.45) is 0.444. The third-order valence-corrected chi connectivity index (χ3v) is 2.66. The summed E-state index contributed by atoms with van der Waals surface area (Å²) in [6.45, 7) is 3.41. The number of ketones is 1. The number of carbonyl (C=O) groups excluding carboxylic acids is 1. The Bertz CT molecular complexity index is 382. The van der Waals surface area contributed by atoms with Crippen molar-refractivity contribution in [3.05, 3.63) is 35.4 Å². The number of halogens is 2. The van der Waals surface area contributed by atoms with Crippen LogP contribution in [0.4, 0.5) is 8.78 Å². The lowest BCUT2D eigenvalue weighted by Gasteiger charge is -2.20. The molecule has 0 bridgehead atoms. The molecule has 0 aliphatic rings. The van der Waals surface area contributed by atoms with Gasteiger partial charge in [0.2, 0.25) is 0 Å². The van der Waals surface area contributed by atoms with Gasteiger partial charge in [0.1, 0.15) is 11.6 Å². The van der Waals surface area contributed by atoms with Crippen molar-refractivity contribution in [2.75, 3.05) is 0 Å². The van der Waals surface area contributed by atoms with Crippen molar-refractivity contribution in [2.24, 2.45) is 5.73 Å². The maximum atomic E-state index is 12.9. The zero-order valence-electron chi connectivity index (χ0n) is 9.39. The standard InChI is InChI=1S/C12H15F2NO/c1-3-12(2,15)11(16)6-8-4-9(13)7-10(14)5-8/h4-5,7H,3,6,15H2,1-2H3. The van der Waals surface area contributed by atoms with Crippen molar-refractivity contribution in [2.45, 2.75) is 32.2 Å². The molecule has 1 atom stereocenters. The van der Waals surface area contributed by atoms with Gasteiger partial charge in [-0.2, -0.15) is 0 Å². The van der Waals surface area contributed by atoms with E-state index in [1.54, 1.807) is 13.8 Å². The summed E-state index contributed by atoms with van der Waals surface area (Å²) >= 11 is 0. The third kappa shape index (κ3) is 3.10. The molecule has 0 heterocycles. The number of carbonyl (C=O) groups is 1. The van der Waals surface area contributed by atoms with Crippen LogP contribution in [0.3, 0.4) is 0 Å². The fraction of sp³-hybridized carbons (Fsp3) is 0.417. The molecule has 0 aromatic heterocycles. The maximum absolute atomic E-state index is 12.9. The van der Waals surface area contributed by atoms with Crippen LogP contribution in [-0.2, 0) is 11.2 Å². The molecule has 4 heteroatoms. The second kappa shape index (κ2) is 4.70. The number of nitrogens with two attached hydrogens (primary N) is 1. The molecule has 0 saturated carbocycles. The Morgan fingerprint density at radius 2 is 1.81 bits per heavy atom. The molecule has 0 fully saturated rings. The molecule has 0 radical (unpaired) electrons. The second-order valence-corrected chi connectivity index (χ2v) is 4.15. The lowest BCUT2D eigenvalue weighted by atomic mass is 9.90. The van der Waals surface area contributed by atoms with E-state index in [1.807, 2.05) is 0 Å². The molecule has 2 nitrogen and oxygen atoms in total. The molecule has 1 aromatic rings. The number of hydrogen-bond acceptors (Lipinski definition) is 2. The van der Waals surface area contributed by atoms with E-state index in [0.717, 1.165) is 18.2 Å². The number of hydrogen-bond donors (Lipinski definition) is 1. The van der Waals surface area contributed by atoms with E-state index in [0.29, 0.717) is 12.0 Å². The Hall–Kier alpha value is -1.29. The molecule has 0 aliphatic heterocycles. The highest BCUT2D eigenvalue weighted by atomic mass is 19.1. The zero-order valence-corrected chi connectivity index (χ0v) is 9.39. The highest BCUT2D eigenvalue weighted by molar-refractivity contribution is 5.89. The van der Waals surface area contributed by atoms with Crippen molar-refractivity contribution >= 4 is 5.78 Å². The summed E-state index contributed by atoms with van der Waals surface area (Å²) in [4.78, 5) is 11.7. The van der Waals surface area contributed by atoms with Crippen molar-refractivity contribution in [3.63, 3.8) is 0 Å². The van der Waals surface area contributed by atoms with Crippen molar-refractivity contribution < 1.29 is 13.6 Å². The summed E-state index contributed by atoms with van der Waals surface area (Å²) in [7, 11) is 0. The highest BCUT2D eigenvalue weighted by Crippen LogP contribution is 2.14. The van der Waals surface area contributed by atoms with E-state index >= 15 is 0 Å². The summed E-state index contributed by atoms with van der Waals surface area (Å²) in [5.41, 5.74) is 5.12. The van der Waals surface area contributed by atoms with Crippen LogP contribution in [0.25, 0.3) is 0 Å². The summed E-state index contributed by atoms with van der Waals surface area (Å²) in [5.74, 6) is -1.59. The number of Topliss-reactive ketones (excluding diaryl/α,β-unsaturated/α-hetero) is 1. The first-order chi connectivity index (χ1) is 7.35. The van der Waals surface area contributed by atoms with Gasteiger partial charge in [0.15, 0.2) is 5.78 Å². The van der Waals surface area contributed by atoms with E-state index in [1.165, 1.54) is 0 Å². The van der Waals surface area contributed by atoms with Gasteiger partial charge < -0.3 is 5.73 Å². The van der Waals surface area contributed by atoms with Crippen LogP contribution in [0.5, 0.6) is 0 Å². The third-order valence-electron chi connectivity index (χ3n) is 2.66. The number of benzene rings is 1. The molecule has 1 unspecified atom stereocenters. The normalized spacial score (nSPS) is 14.6. The van der Waals surface area contributed by atoms with Crippen LogP contribution < -0.4 is 5.73 Å². The Morgan fingerprint density at radius 1 is 1.31 bits per heavy atom. The van der Waals surface area contributed by atoms with E-state index < -0.39 is 17.2 Å². The van der Waals surface area contributed by atoms with E-state index in [-0.39, 0.29) is 12.2 Å². The summed E-state index contributed by atoms with van der Waals surface area (Å²) in [5, 5.41) is 0. The monoisotopic (exact) mass is 227 g/mol. The van der Waals surface area contributed by atoms with Crippen molar-refractivity contribution in [3.8, 4) is 0 Å². The first-order valence-electron chi connectivity index (χ1n) is 5.12. The molecule has 16 heavy (non-hydrogen) atoms. The van der Waals surface area contributed by atoms with Gasteiger partial charge in [-0.1, -0.05) is 6.92 Å². The minimum absolute atomic E-state index is 0.0461. The smallest absolute Gasteiger partial charge is 0.156 e.